The summed E-state index contributed by atoms with van der Waals surface area (Å²) in [4.78, 5) is 16.1. The van der Waals surface area contributed by atoms with E-state index in [1.165, 1.54) is 0 Å². The quantitative estimate of drug-likeness (QED) is 0.886. The number of rotatable bonds is 6. The fourth-order valence-electron chi connectivity index (χ4n) is 2.16. The first-order valence-corrected chi connectivity index (χ1v) is 7.53. The molecule has 0 aliphatic rings. The predicted molar refractivity (Wildman–Crippen MR) is 90.2 cm³/mol. The molecule has 0 radical (unpaired) electrons. The summed E-state index contributed by atoms with van der Waals surface area (Å²) in [5.74, 6) is 1.36. The van der Waals surface area contributed by atoms with Crippen molar-refractivity contribution in [2.75, 3.05) is 19.0 Å². The predicted octanol–water partition coefficient (Wildman–Crippen LogP) is 3.54. The number of pyridine rings is 1. The Hall–Kier alpha value is -2.56. The van der Waals surface area contributed by atoms with Gasteiger partial charge in [0, 0.05) is 6.07 Å². The number of aryl methyl sites for hydroxylation is 1. The van der Waals surface area contributed by atoms with E-state index in [1.54, 1.807) is 25.4 Å². The van der Waals surface area contributed by atoms with E-state index in [2.05, 4.69) is 24.1 Å². The third-order valence-electron chi connectivity index (χ3n) is 3.38. The molecule has 0 unspecified atom stereocenters. The van der Waals surface area contributed by atoms with Gasteiger partial charge in [-0.3, -0.25) is 4.79 Å². The lowest BCUT2D eigenvalue weighted by atomic mass is 10.0. The monoisotopic (exact) mass is 314 g/mol. The molecule has 0 fully saturated rings. The lowest BCUT2D eigenvalue weighted by Crippen LogP contribution is -2.20. The second kappa shape index (κ2) is 7.63. The molecule has 23 heavy (non-hydrogen) atoms. The average molecular weight is 314 g/mol. The minimum Gasteiger partial charge on any atom is -0.483 e. The van der Waals surface area contributed by atoms with Gasteiger partial charge in [0.05, 0.1) is 19.0 Å². The molecule has 1 aromatic heterocycles. The van der Waals surface area contributed by atoms with E-state index in [4.69, 9.17) is 9.47 Å². The van der Waals surface area contributed by atoms with Gasteiger partial charge in [0.25, 0.3) is 5.91 Å². The minimum absolute atomic E-state index is 0.0464. The van der Waals surface area contributed by atoms with E-state index in [0.29, 0.717) is 17.5 Å². The van der Waals surface area contributed by atoms with Crippen LogP contribution in [-0.2, 0) is 4.79 Å². The van der Waals surface area contributed by atoms with Gasteiger partial charge in [-0.15, -0.1) is 0 Å². The van der Waals surface area contributed by atoms with Crippen LogP contribution in [0.5, 0.6) is 11.6 Å². The second-order valence-corrected chi connectivity index (χ2v) is 5.62. The fraction of sp³-hybridized carbons (Fsp3) is 0.333. The molecule has 122 valence electrons. The zero-order valence-electron chi connectivity index (χ0n) is 13.9. The number of hydrogen-bond donors (Lipinski definition) is 1. The average Bonchev–Trinajstić information content (AvgIpc) is 2.53. The Kier molecular flexibility index (Phi) is 5.57. The van der Waals surface area contributed by atoms with Gasteiger partial charge < -0.3 is 14.8 Å². The smallest absolute Gasteiger partial charge is 0.262 e. The summed E-state index contributed by atoms with van der Waals surface area (Å²) in [5.41, 5.74) is 2.80. The second-order valence-electron chi connectivity index (χ2n) is 5.62. The summed E-state index contributed by atoms with van der Waals surface area (Å²) in [6.45, 7) is 6.15. The van der Waals surface area contributed by atoms with E-state index in [0.717, 1.165) is 16.9 Å². The molecule has 5 heteroatoms. The van der Waals surface area contributed by atoms with Crippen LogP contribution < -0.4 is 14.8 Å². The first kappa shape index (κ1) is 16.8. The highest BCUT2D eigenvalue weighted by molar-refractivity contribution is 5.91. The number of benzene rings is 1. The molecular formula is C18H22N2O3. The third kappa shape index (κ3) is 4.71. The van der Waals surface area contributed by atoms with Crippen molar-refractivity contribution >= 4 is 11.6 Å². The van der Waals surface area contributed by atoms with Crippen molar-refractivity contribution in [1.82, 2.24) is 4.98 Å². The van der Waals surface area contributed by atoms with Crippen LogP contribution in [0.2, 0.25) is 0 Å². The van der Waals surface area contributed by atoms with Crippen LogP contribution in [-0.4, -0.2) is 24.6 Å². The van der Waals surface area contributed by atoms with Crippen molar-refractivity contribution in [3.8, 4) is 11.6 Å². The van der Waals surface area contributed by atoms with Gasteiger partial charge in [0.1, 0.15) is 5.75 Å². The Balaban J connectivity index is 1.97. The van der Waals surface area contributed by atoms with Crippen LogP contribution >= 0.6 is 0 Å². The number of ether oxygens (including phenoxy) is 2. The minimum atomic E-state index is -0.229. The summed E-state index contributed by atoms with van der Waals surface area (Å²) in [5, 5.41) is 2.74. The molecule has 1 amide bonds. The highest BCUT2D eigenvalue weighted by Crippen LogP contribution is 2.27. The standard InChI is InChI=1S/C18H22N2O3/c1-12(2)15-7-5-13(3)9-16(15)23-11-17(21)20-14-6-8-18(22-4)19-10-14/h5-10,12H,11H2,1-4H3,(H,20,21). The van der Waals surface area contributed by atoms with Crippen molar-refractivity contribution in [1.29, 1.82) is 0 Å². The Morgan fingerprint density at radius 2 is 2.04 bits per heavy atom. The molecule has 0 bridgehead atoms. The van der Waals surface area contributed by atoms with Crippen molar-refractivity contribution < 1.29 is 14.3 Å². The number of carbonyl (C=O) groups is 1. The largest absolute Gasteiger partial charge is 0.483 e. The molecular weight excluding hydrogens is 292 g/mol. The van der Waals surface area contributed by atoms with Crippen LogP contribution in [0, 0.1) is 6.92 Å². The Morgan fingerprint density at radius 1 is 1.26 bits per heavy atom. The molecule has 1 aromatic carbocycles. The van der Waals surface area contributed by atoms with E-state index in [-0.39, 0.29) is 12.5 Å². The van der Waals surface area contributed by atoms with E-state index in [1.807, 2.05) is 25.1 Å². The normalized spacial score (nSPS) is 10.5. The van der Waals surface area contributed by atoms with Crippen molar-refractivity contribution in [2.24, 2.45) is 0 Å². The number of aromatic nitrogens is 1. The lowest BCUT2D eigenvalue weighted by Gasteiger charge is -2.14. The van der Waals surface area contributed by atoms with Gasteiger partial charge in [-0.25, -0.2) is 4.98 Å². The molecule has 5 nitrogen and oxygen atoms in total. The maximum Gasteiger partial charge on any atom is 0.262 e. The van der Waals surface area contributed by atoms with Crippen molar-refractivity contribution in [3.05, 3.63) is 47.7 Å². The summed E-state index contributed by atoms with van der Waals surface area (Å²) in [7, 11) is 1.54. The van der Waals surface area contributed by atoms with Crippen LogP contribution in [0.3, 0.4) is 0 Å². The number of methoxy groups -OCH3 is 1. The Morgan fingerprint density at radius 3 is 2.65 bits per heavy atom. The van der Waals surface area contributed by atoms with Gasteiger partial charge in [-0.1, -0.05) is 26.0 Å². The molecule has 1 heterocycles. The van der Waals surface area contributed by atoms with Crippen LogP contribution in [0.1, 0.15) is 30.9 Å². The molecule has 0 atom stereocenters. The maximum atomic E-state index is 12.0. The molecule has 0 spiro atoms. The van der Waals surface area contributed by atoms with Crippen molar-refractivity contribution in [2.45, 2.75) is 26.7 Å². The number of nitrogens with zero attached hydrogens (tertiary/aromatic N) is 1. The molecule has 2 rings (SSSR count). The lowest BCUT2D eigenvalue weighted by molar-refractivity contribution is -0.118. The van der Waals surface area contributed by atoms with Crippen LogP contribution in [0.25, 0.3) is 0 Å². The van der Waals surface area contributed by atoms with Gasteiger partial charge >= 0.3 is 0 Å². The summed E-state index contributed by atoms with van der Waals surface area (Å²) < 4.78 is 10.7. The van der Waals surface area contributed by atoms with Gasteiger partial charge in [-0.2, -0.15) is 0 Å². The highest BCUT2D eigenvalue weighted by atomic mass is 16.5. The maximum absolute atomic E-state index is 12.0. The van der Waals surface area contributed by atoms with E-state index >= 15 is 0 Å². The third-order valence-corrected chi connectivity index (χ3v) is 3.38. The van der Waals surface area contributed by atoms with Gasteiger partial charge in [-0.05, 0) is 36.1 Å². The van der Waals surface area contributed by atoms with E-state index in [9.17, 15) is 4.79 Å². The fourth-order valence-corrected chi connectivity index (χ4v) is 2.16. The number of amides is 1. The summed E-state index contributed by atoms with van der Waals surface area (Å²) >= 11 is 0. The Labute approximate surface area is 136 Å². The molecule has 2 aromatic rings. The number of nitrogens with one attached hydrogen (secondary N) is 1. The summed E-state index contributed by atoms with van der Waals surface area (Å²) in [6.07, 6.45) is 1.54. The zero-order valence-corrected chi connectivity index (χ0v) is 13.9. The number of hydrogen-bond acceptors (Lipinski definition) is 4. The SMILES string of the molecule is COc1ccc(NC(=O)COc2cc(C)ccc2C(C)C)cn1. The first-order chi connectivity index (χ1) is 11.0. The first-order valence-electron chi connectivity index (χ1n) is 7.53. The highest BCUT2D eigenvalue weighted by Gasteiger charge is 2.10. The Bertz CT molecular complexity index is 666. The number of anilines is 1. The van der Waals surface area contributed by atoms with E-state index < -0.39 is 0 Å². The van der Waals surface area contributed by atoms with Crippen LogP contribution in [0.15, 0.2) is 36.5 Å². The zero-order chi connectivity index (χ0) is 16.8. The molecule has 0 saturated carbocycles. The molecule has 0 saturated heterocycles. The van der Waals surface area contributed by atoms with Crippen molar-refractivity contribution in [3.63, 3.8) is 0 Å². The van der Waals surface area contributed by atoms with Gasteiger partial charge in [0.2, 0.25) is 5.88 Å². The topological polar surface area (TPSA) is 60.5 Å². The number of carbonyl (C=O) groups excluding carboxylic acids is 1. The molecule has 1 N–H and O–H groups in total. The molecule has 0 aliphatic heterocycles. The van der Waals surface area contributed by atoms with Gasteiger partial charge in [0.15, 0.2) is 6.61 Å². The summed E-state index contributed by atoms with van der Waals surface area (Å²) in [6, 6.07) is 9.47. The van der Waals surface area contributed by atoms with Crippen LogP contribution in [0.4, 0.5) is 5.69 Å². The molecule has 0 aliphatic carbocycles.